The van der Waals surface area contributed by atoms with Crippen LogP contribution in [-0.2, 0) is 4.79 Å². The van der Waals surface area contributed by atoms with E-state index in [1.54, 1.807) is 29.5 Å². The highest BCUT2D eigenvalue weighted by Gasteiger charge is 2.30. The van der Waals surface area contributed by atoms with Crippen molar-refractivity contribution in [3.8, 4) is 11.5 Å². The van der Waals surface area contributed by atoms with Gasteiger partial charge in [0.25, 0.3) is 5.91 Å². The van der Waals surface area contributed by atoms with E-state index >= 15 is 0 Å². The van der Waals surface area contributed by atoms with E-state index in [1.807, 2.05) is 16.3 Å². The van der Waals surface area contributed by atoms with Gasteiger partial charge in [-0.15, -0.1) is 11.3 Å². The van der Waals surface area contributed by atoms with E-state index in [0.717, 1.165) is 19.4 Å². The van der Waals surface area contributed by atoms with E-state index in [1.165, 1.54) is 18.9 Å². The summed E-state index contributed by atoms with van der Waals surface area (Å²) in [4.78, 5) is 27.2. The third-order valence-electron chi connectivity index (χ3n) is 4.37. The molecule has 1 atom stereocenters. The minimum Gasteiger partial charge on any atom is -0.493 e. The van der Waals surface area contributed by atoms with Crippen LogP contribution in [0, 0.1) is 0 Å². The first kappa shape index (κ1) is 17.5. The number of nitrogens with zero attached hydrogens (tertiary/aromatic N) is 1. The number of methoxy groups -OCH3 is 1. The van der Waals surface area contributed by atoms with Crippen molar-refractivity contribution in [1.82, 2.24) is 4.90 Å². The molecule has 6 heteroatoms. The van der Waals surface area contributed by atoms with Gasteiger partial charge in [-0.25, -0.2) is 0 Å². The lowest BCUT2D eigenvalue weighted by Crippen LogP contribution is -2.34. The van der Waals surface area contributed by atoms with Crippen LogP contribution in [0.5, 0.6) is 11.5 Å². The van der Waals surface area contributed by atoms with Crippen molar-refractivity contribution in [3.63, 3.8) is 0 Å². The van der Waals surface area contributed by atoms with Crippen LogP contribution in [-0.4, -0.2) is 36.9 Å². The minimum atomic E-state index is -0.0446. The zero-order chi connectivity index (χ0) is 17.8. The molecule has 1 aliphatic heterocycles. The number of ether oxygens (including phenoxy) is 2. The van der Waals surface area contributed by atoms with Crippen LogP contribution in [0.25, 0.3) is 0 Å². The number of hydrogen-bond acceptors (Lipinski definition) is 5. The van der Waals surface area contributed by atoms with Gasteiger partial charge in [-0.05, 0) is 49.4 Å². The van der Waals surface area contributed by atoms with E-state index in [0.29, 0.717) is 17.1 Å². The number of benzene rings is 1. The number of thiophene rings is 1. The van der Waals surface area contributed by atoms with E-state index < -0.39 is 0 Å². The number of carbonyl (C=O) groups excluding carboxylic acids is 2. The Labute approximate surface area is 151 Å². The smallest absolute Gasteiger partial charge is 0.261 e. The maximum atomic E-state index is 12.6. The van der Waals surface area contributed by atoms with Gasteiger partial charge in [-0.2, -0.15) is 0 Å². The van der Waals surface area contributed by atoms with Crippen LogP contribution >= 0.6 is 11.3 Å². The normalized spacial score (nSPS) is 16.7. The largest absolute Gasteiger partial charge is 0.493 e. The molecule has 5 nitrogen and oxygen atoms in total. The fourth-order valence-corrected chi connectivity index (χ4v) is 3.94. The molecule has 132 valence electrons. The highest BCUT2D eigenvalue weighted by Crippen LogP contribution is 2.35. The lowest BCUT2D eigenvalue weighted by atomic mass is 10.1. The van der Waals surface area contributed by atoms with Gasteiger partial charge in [-0.1, -0.05) is 6.07 Å². The third-order valence-corrected chi connectivity index (χ3v) is 5.34. The summed E-state index contributed by atoms with van der Waals surface area (Å²) >= 11 is 1.68. The number of amides is 1. The van der Waals surface area contributed by atoms with Gasteiger partial charge in [-0.3, -0.25) is 9.59 Å². The fourth-order valence-electron chi connectivity index (χ4n) is 3.07. The van der Waals surface area contributed by atoms with Crippen molar-refractivity contribution in [1.29, 1.82) is 0 Å². The Bertz CT molecular complexity index is 757. The number of carbonyl (C=O) groups is 2. The van der Waals surface area contributed by atoms with Crippen molar-refractivity contribution in [3.05, 3.63) is 46.2 Å². The summed E-state index contributed by atoms with van der Waals surface area (Å²) in [6.07, 6.45) is 1.99. The van der Waals surface area contributed by atoms with Gasteiger partial charge in [0.15, 0.2) is 23.9 Å². The monoisotopic (exact) mass is 359 g/mol. The summed E-state index contributed by atoms with van der Waals surface area (Å²) in [6.45, 7) is 2.21. The number of hydrogen-bond donors (Lipinski definition) is 0. The average molecular weight is 359 g/mol. The molecule has 1 aromatic carbocycles. The fraction of sp³-hybridized carbons (Fsp3) is 0.368. The van der Waals surface area contributed by atoms with Crippen LogP contribution in [0.1, 0.15) is 41.0 Å². The second-order valence-corrected chi connectivity index (χ2v) is 6.95. The molecule has 1 aliphatic rings. The standard InChI is InChI=1S/C19H21NO4S/c1-13(21)14-7-8-16(17(11-14)23-2)24-12-19(22)20-9-3-5-15(20)18-6-4-10-25-18/h4,6-8,10-11,15H,3,5,9,12H2,1-2H3/t15-/m0/s1. The van der Waals surface area contributed by atoms with Crippen molar-refractivity contribution in [2.45, 2.75) is 25.8 Å². The van der Waals surface area contributed by atoms with Crippen LogP contribution in [0.3, 0.4) is 0 Å². The van der Waals surface area contributed by atoms with E-state index in [2.05, 4.69) is 6.07 Å². The molecule has 0 unspecified atom stereocenters. The van der Waals surface area contributed by atoms with E-state index in [4.69, 9.17) is 9.47 Å². The van der Waals surface area contributed by atoms with Crippen LogP contribution in [0.15, 0.2) is 35.7 Å². The molecule has 0 N–H and O–H groups in total. The van der Waals surface area contributed by atoms with E-state index in [9.17, 15) is 9.59 Å². The average Bonchev–Trinajstić information content (AvgIpc) is 3.29. The quantitative estimate of drug-likeness (QED) is 0.738. The van der Waals surface area contributed by atoms with Crippen LogP contribution in [0.2, 0.25) is 0 Å². The molecular formula is C19H21NO4S. The van der Waals surface area contributed by atoms with Crippen molar-refractivity contribution in [2.75, 3.05) is 20.3 Å². The van der Waals surface area contributed by atoms with Gasteiger partial charge in [0.2, 0.25) is 0 Å². The first-order valence-corrected chi connectivity index (χ1v) is 9.12. The van der Waals surface area contributed by atoms with Gasteiger partial charge < -0.3 is 14.4 Å². The molecular weight excluding hydrogens is 338 g/mol. The predicted molar refractivity (Wildman–Crippen MR) is 96.5 cm³/mol. The van der Waals surface area contributed by atoms with Crippen molar-refractivity contribution >= 4 is 23.0 Å². The molecule has 0 bridgehead atoms. The molecule has 0 aliphatic carbocycles. The number of likely N-dealkylation sites (tertiary alicyclic amines) is 1. The Morgan fingerprint density at radius 1 is 1.28 bits per heavy atom. The highest BCUT2D eigenvalue weighted by atomic mass is 32.1. The molecule has 0 saturated carbocycles. The van der Waals surface area contributed by atoms with E-state index in [-0.39, 0.29) is 24.3 Å². The molecule has 3 rings (SSSR count). The molecule has 25 heavy (non-hydrogen) atoms. The van der Waals surface area contributed by atoms with Gasteiger partial charge >= 0.3 is 0 Å². The summed E-state index contributed by atoms with van der Waals surface area (Å²) in [7, 11) is 1.52. The SMILES string of the molecule is COc1cc(C(C)=O)ccc1OCC(=O)N1CCC[C@H]1c1cccs1. The second-order valence-electron chi connectivity index (χ2n) is 5.97. The summed E-state index contributed by atoms with van der Waals surface area (Å²) in [5, 5.41) is 2.04. The number of ketones is 1. The molecule has 2 aromatic rings. The second kappa shape index (κ2) is 7.70. The molecule has 0 radical (unpaired) electrons. The maximum absolute atomic E-state index is 12.6. The summed E-state index contributed by atoms with van der Waals surface area (Å²) in [5.41, 5.74) is 0.549. The lowest BCUT2D eigenvalue weighted by Gasteiger charge is -2.24. The first-order chi connectivity index (χ1) is 12.1. The molecule has 1 aromatic heterocycles. The Kier molecular flexibility index (Phi) is 5.38. The van der Waals surface area contributed by atoms with Crippen molar-refractivity contribution < 1.29 is 19.1 Å². The van der Waals surface area contributed by atoms with Crippen LogP contribution < -0.4 is 9.47 Å². The summed E-state index contributed by atoms with van der Waals surface area (Å²) in [5.74, 6) is 0.842. The lowest BCUT2D eigenvalue weighted by molar-refractivity contribution is -0.134. The maximum Gasteiger partial charge on any atom is 0.261 e. The van der Waals surface area contributed by atoms with Crippen LogP contribution in [0.4, 0.5) is 0 Å². The van der Waals surface area contributed by atoms with Gasteiger partial charge in [0.1, 0.15) is 0 Å². The number of Topliss-reactive ketones (excluding diaryl/α,β-unsaturated/α-hetero) is 1. The zero-order valence-corrected chi connectivity index (χ0v) is 15.2. The Morgan fingerprint density at radius 2 is 2.12 bits per heavy atom. The number of rotatable bonds is 6. The summed E-state index contributed by atoms with van der Waals surface area (Å²) < 4.78 is 11.0. The zero-order valence-electron chi connectivity index (χ0n) is 14.4. The van der Waals surface area contributed by atoms with Gasteiger partial charge in [0.05, 0.1) is 13.2 Å². The first-order valence-electron chi connectivity index (χ1n) is 8.25. The topological polar surface area (TPSA) is 55.8 Å². The Hall–Kier alpha value is -2.34. The molecule has 2 heterocycles. The minimum absolute atomic E-state index is 0.0337. The Morgan fingerprint density at radius 3 is 2.80 bits per heavy atom. The van der Waals surface area contributed by atoms with Gasteiger partial charge in [0, 0.05) is 17.0 Å². The Balaban J connectivity index is 1.67. The molecule has 1 saturated heterocycles. The molecule has 1 fully saturated rings. The molecule has 1 amide bonds. The molecule has 0 spiro atoms. The predicted octanol–water partition coefficient (Wildman–Crippen LogP) is 3.70. The summed E-state index contributed by atoms with van der Waals surface area (Å²) in [6, 6.07) is 9.22. The van der Waals surface area contributed by atoms with Crippen molar-refractivity contribution in [2.24, 2.45) is 0 Å². The third kappa shape index (κ3) is 3.85. The highest BCUT2D eigenvalue weighted by molar-refractivity contribution is 7.10.